The molecule has 0 aromatic carbocycles. The second-order valence-corrected chi connectivity index (χ2v) is 3.05. The van der Waals surface area contributed by atoms with Gasteiger partial charge < -0.3 is 14.9 Å². The molecule has 1 aromatic heterocycles. The van der Waals surface area contributed by atoms with Crippen LogP contribution in [0.5, 0.6) is 0 Å². The van der Waals surface area contributed by atoms with Crippen LogP contribution < -0.4 is 5.73 Å². The van der Waals surface area contributed by atoms with Crippen LogP contribution in [0.2, 0.25) is 0 Å². The molecule has 3 nitrogen and oxygen atoms in total. The van der Waals surface area contributed by atoms with Gasteiger partial charge in [0.25, 0.3) is 0 Å². The summed E-state index contributed by atoms with van der Waals surface area (Å²) in [5.41, 5.74) is 6.58. The molecule has 0 saturated heterocycles. The maximum Gasteiger partial charge on any atom is 0.130 e. The Hall–Kier alpha value is -0.800. The van der Waals surface area contributed by atoms with Gasteiger partial charge in [0.2, 0.25) is 0 Å². The number of hydrogen-bond donors (Lipinski definition) is 1. The van der Waals surface area contributed by atoms with Gasteiger partial charge in [-0.3, -0.25) is 0 Å². The Kier molecular flexibility index (Phi) is 3.99. The van der Waals surface area contributed by atoms with E-state index in [4.69, 9.17) is 14.9 Å². The van der Waals surface area contributed by atoms with Gasteiger partial charge >= 0.3 is 0 Å². The number of aryl methyl sites for hydroxylation is 1. The second kappa shape index (κ2) is 5.04. The van der Waals surface area contributed by atoms with Crippen molar-refractivity contribution in [2.75, 3.05) is 6.61 Å². The van der Waals surface area contributed by atoms with Gasteiger partial charge in [-0.05, 0) is 19.4 Å². The van der Waals surface area contributed by atoms with E-state index in [1.165, 1.54) is 0 Å². The summed E-state index contributed by atoms with van der Waals surface area (Å²) in [7, 11) is 0. The molecule has 0 fully saturated rings. The van der Waals surface area contributed by atoms with E-state index in [-0.39, 0.29) is 0 Å². The van der Waals surface area contributed by atoms with Gasteiger partial charge in [0.05, 0.1) is 0 Å². The predicted octanol–water partition coefficient (Wildman–Crippen LogP) is 1.97. The Bertz CT molecular complexity index is 255. The minimum atomic E-state index is 0.531. The summed E-state index contributed by atoms with van der Waals surface area (Å²) in [4.78, 5) is 0. The first-order valence-electron chi connectivity index (χ1n) is 4.64. The Morgan fingerprint density at radius 1 is 1.54 bits per heavy atom. The van der Waals surface area contributed by atoms with Crippen LogP contribution in [-0.4, -0.2) is 6.61 Å². The SMILES string of the molecule is CCCOCc1cc(CN)c(C)o1. The molecule has 1 aromatic rings. The monoisotopic (exact) mass is 183 g/mol. The van der Waals surface area contributed by atoms with Crippen LogP contribution in [0.15, 0.2) is 10.5 Å². The Morgan fingerprint density at radius 3 is 2.85 bits per heavy atom. The number of nitrogens with two attached hydrogens (primary N) is 1. The van der Waals surface area contributed by atoms with Crippen molar-refractivity contribution in [2.24, 2.45) is 5.73 Å². The Balaban J connectivity index is 2.48. The molecule has 1 rings (SSSR count). The van der Waals surface area contributed by atoms with E-state index in [0.29, 0.717) is 13.2 Å². The molecule has 3 heteroatoms. The lowest BCUT2D eigenvalue weighted by atomic mass is 10.2. The quantitative estimate of drug-likeness (QED) is 0.710. The van der Waals surface area contributed by atoms with Crippen molar-refractivity contribution in [3.8, 4) is 0 Å². The van der Waals surface area contributed by atoms with Crippen molar-refractivity contribution in [1.29, 1.82) is 0 Å². The normalized spacial score (nSPS) is 10.7. The van der Waals surface area contributed by atoms with E-state index in [1.54, 1.807) is 0 Å². The molecular weight excluding hydrogens is 166 g/mol. The molecule has 0 spiro atoms. The van der Waals surface area contributed by atoms with Crippen LogP contribution in [0.4, 0.5) is 0 Å². The minimum absolute atomic E-state index is 0.531. The number of rotatable bonds is 5. The Labute approximate surface area is 78.9 Å². The van der Waals surface area contributed by atoms with E-state index in [1.807, 2.05) is 13.0 Å². The van der Waals surface area contributed by atoms with Crippen molar-refractivity contribution in [3.05, 3.63) is 23.2 Å². The molecule has 0 radical (unpaired) electrons. The lowest BCUT2D eigenvalue weighted by Crippen LogP contribution is -1.95. The van der Waals surface area contributed by atoms with Crippen molar-refractivity contribution >= 4 is 0 Å². The number of ether oxygens (including phenoxy) is 1. The average Bonchev–Trinajstić information content (AvgIpc) is 2.47. The predicted molar refractivity (Wildman–Crippen MR) is 51.3 cm³/mol. The maximum absolute atomic E-state index is 5.52. The first-order valence-corrected chi connectivity index (χ1v) is 4.64. The molecule has 13 heavy (non-hydrogen) atoms. The standard InChI is InChI=1S/C10H17NO2/c1-3-4-12-7-10-5-9(6-11)8(2)13-10/h5H,3-4,6-7,11H2,1-2H3. The fourth-order valence-corrected chi connectivity index (χ4v) is 1.18. The van der Waals surface area contributed by atoms with Gasteiger partial charge in [-0.15, -0.1) is 0 Å². The molecule has 2 N–H and O–H groups in total. The molecule has 1 heterocycles. The van der Waals surface area contributed by atoms with Crippen molar-refractivity contribution in [1.82, 2.24) is 0 Å². The van der Waals surface area contributed by atoms with Gasteiger partial charge in [0, 0.05) is 18.7 Å². The second-order valence-electron chi connectivity index (χ2n) is 3.05. The highest BCUT2D eigenvalue weighted by atomic mass is 16.5. The van der Waals surface area contributed by atoms with Crippen molar-refractivity contribution in [2.45, 2.75) is 33.4 Å². The molecule has 0 unspecified atom stereocenters. The third-order valence-corrected chi connectivity index (χ3v) is 1.88. The summed E-state index contributed by atoms with van der Waals surface area (Å²) in [6.07, 6.45) is 1.03. The highest BCUT2D eigenvalue weighted by Gasteiger charge is 2.04. The van der Waals surface area contributed by atoms with Gasteiger partial charge in [-0.1, -0.05) is 6.92 Å². The summed E-state index contributed by atoms with van der Waals surface area (Å²) in [6, 6.07) is 1.96. The highest BCUT2D eigenvalue weighted by molar-refractivity contribution is 5.19. The molecule has 0 aliphatic carbocycles. The first kappa shape index (κ1) is 10.3. The smallest absolute Gasteiger partial charge is 0.130 e. The Morgan fingerprint density at radius 2 is 2.31 bits per heavy atom. The van der Waals surface area contributed by atoms with Gasteiger partial charge in [0.15, 0.2) is 0 Å². The molecule has 0 aliphatic heterocycles. The number of furan rings is 1. The van der Waals surface area contributed by atoms with Crippen molar-refractivity contribution < 1.29 is 9.15 Å². The highest BCUT2D eigenvalue weighted by Crippen LogP contribution is 2.14. The lowest BCUT2D eigenvalue weighted by molar-refractivity contribution is 0.106. The van der Waals surface area contributed by atoms with E-state index in [2.05, 4.69) is 6.92 Å². The van der Waals surface area contributed by atoms with E-state index < -0.39 is 0 Å². The summed E-state index contributed by atoms with van der Waals surface area (Å²) in [5, 5.41) is 0. The molecule has 0 saturated carbocycles. The zero-order valence-electron chi connectivity index (χ0n) is 8.30. The lowest BCUT2D eigenvalue weighted by Gasteiger charge is -1.97. The summed E-state index contributed by atoms with van der Waals surface area (Å²) in [5.74, 6) is 1.77. The van der Waals surface area contributed by atoms with E-state index in [9.17, 15) is 0 Å². The molecule has 0 amide bonds. The topological polar surface area (TPSA) is 48.4 Å². The maximum atomic E-state index is 5.52. The largest absolute Gasteiger partial charge is 0.464 e. The third-order valence-electron chi connectivity index (χ3n) is 1.88. The summed E-state index contributed by atoms with van der Waals surface area (Å²) in [6.45, 7) is 5.86. The number of hydrogen-bond acceptors (Lipinski definition) is 3. The first-order chi connectivity index (χ1) is 6.27. The van der Waals surface area contributed by atoms with E-state index in [0.717, 1.165) is 30.1 Å². The fourth-order valence-electron chi connectivity index (χ4n) is 1.18. The third kappa shape index (κ3) is 2.86. The van der Waals surface area contributed by atoms with Crippen LogP contribution in [0.1, 0.15) is 30.4 Å². The van der Waals surface area contributed by atoms with Crippen LogP contribution in [0.25, 0.3) is 0 Å². The molecule has 0 bridgehead atoms. The zero-order chi connectivity index (χ0) is 9.68. The molecular formula is C10H17NO2. The summed E-state index contributed by atoms with van der Waals surface area (Å²) < 4.78 is 10.8. The van der Waals surface area contributed by atoms with Gasteiger partial charge in [0.1, 0.15) is 18.1 Å². The average molecular weight is 183 g/mol. The zero-order valence-corrected chi connectivity index (χ0v) is 8.30. The van der Waals surface area contributed by atoms with Crippen LogP contribution in [0, 0.1) is 6.92 Å². The van der Waals surface area contributed by atoms with Gasteiger partial charge in [-0.2, -0.15) is 0 Å². The van der Waals surface area contributed by atoms with Crippen LogP contribution >= 0.6 is 0 Å². The molecule has 0 atom stereocenters. The van der Waals surface area contributed by atoms with Crippen molar-refractivity contribution in [3.63, 3.8) is 0 Å². The van der Waals surface area contributed by atoms with Gasteiger partial charge in [-0.25, -0.2) is 0 Å². The van der Waals surface area contributed by atoms with E-state index >= 15 is 0 Å². The van der Waals surface area contributed by atoms with Crippen LogP contribution in [0.3, 0.4) is 0 Å². The summed E-state index contributed by atoms with van der Waals surface area (Å²) >= 11 is 0. The minimum Gasteiger partial charge on any atom is -0.464 e. The molecule has 0 aliphatic rings. The molecule has 74 valence electrons. The van der Waals surface area contributed by atoms with Crippen LogP contribution in [-0.2, 0) is 17.9 Å². The fraction of sp³-hybridized carbons (Fsp3) is 0.600.